The molecule has 2 fully saturated rings. The minimum Gasteiger partial charge on any atom is -0.161 e. The fraction of sp³-hybridized carbons (Fsp3) is 1.00. The molecule has 4 heteroatoms. The van der Waals surface area contributed by atoms with Crippen LogP contribution in [0.2, 0.25) is 0 Å². The van der Waals surface area contributed by atoms with E-state index >= 15 is 0 Å². The molecule has 0 spiro atoms. The van der Waals surface area contributed by atoms with Crippen LogP contribution in [0.25, 0.3) is 0 Å². The third-order valence-electron chi connectivity index (χ3n) is 4.89. The Balaban J connectivity index is 1.98. The molecule has 0 unspecified atom stereocenters. The zero-order valence-corrected chi connectivity index (χ0v) is 16.4. The number of rotatable bonds is 7. The predicted molar refractivity (Wildman–Crippen MR) is 103 cm³/mol. The molecule has 20 heavy (non-hydrogen) atoms. The summed E-state index contributed by atoms with van der Waals surface area (Å²) < 4.78 is 0. The third-order valence-corrected chi connectivity index (χ3v) is 16.2. The first kappa shape index (κ1) is 17.7. The Morgan fingerprint density at radius 2 is 1.35 bits per heavy atom. The van der Waals surface area contributed by atoms with Gasteiger partial charge in [0.05, 0.1) is 0 Å². The largest absolute Gasteiger partial charge is 0.161 e. The van der Waals surface area contributed by atoms with E-state index in [1.807, 2.05) is 0 Å². The van der Waals surface area contributed by atoms with Gasteiger partial charge in [0, 0.05) is 16.7 Å². The molecule has 2 aliphatic rings. The molecule has 2 aliphatic carbocycles. The molecule has 0 radical (unpaired) electrons. The first-order valence-electron chi connectivity index (χ1n) is 8.59. The summed E-state index contributed by atoms with van der Waals surface area (Å²) in [6, 6.07) is 0. The van der Waals surface area contributed by atoms with Gasteiger partial charge in [0.25, 0.3) is 0 Å². The van der Waals surface area contributed by atoms with Crippen molar-refractivity contribution in [3.05, 3.63) is 0 Å². The molecule has 0 amide bonds. The summed E-state index contributed by atoms with van der Waals surface area (Å²) >= 11 is 10.8. The van der Waals surface area contributed by atoms with E-state index in [0.717, 1.165) is 11.3 Å². The smallest absolute Gasteiger partial charge is 0.0124 e. The average Bonchev–Trinajstić information content (AvgIpc) is 2.53. The fourth-order valence-corrected chi connectivity index (χ4v) is 14.3. The molecule has 0 atom stereocenters. The van der Waals surface area contributed by atoms with E-state index in [1.54, 1.807) is 0 Å². The lowest BCUT2D eigenvalue weighted by Crippen LogP contribution is -2.22. The Hall–Kier alpha value is 1.35. The number of hydrogen-bond acceptors (Lipinski definition) is 3. The summed E-state index contributed by atoms with van der Waals surface area (Å²) in [5.74, 6) is 3.90. The van der Waals surface area contributed by atoms with E-state index in [2.05, 4.69) is 30.1 Å². The topological polar surface area (TPSA) is 0 Å². The van der Waals surface area contributed by atoms with Crippen LogP contribution in [-0.4, -0.2) is 28.6 Å². The van der Waals surface area contributed by atoms with Crippen LogP contribution >= 0.6 is 28.4 Å². The van der Waals surface area contributed by atoms with Gasteiger partial charge in [0.1, 0.15) is 0 Å². The highest BCUT2D eigenvalue weighted by Crippen LogP contribution is 2.71. The highest BCUT2D eigenvalue weighted by Gasteiger charge is 2.37. The third kappa shape index (κ3) is 4.93. The first-order chi connectivity index (χ1) is 9.77. The van der Waals surface area contributed by atoms with Crippen LogP contribution in [0.5, 0.6) is 0 Å². The monoisotopic (exact) mass is 350 g/mol. The van der Waals surface area contributed by atoms with E-state index in [0.29, 0.717) is 0 Å². The van der Waals surface area contributed by atoms with Gasteiger partial charge in [-0.3, -0.25) is 0 Å². The maximum atomic E-state index is 6.46. The fourth-order valence-electron chi connectivity index (χ4n) is 3.77. The van der Waals surface area contributed by atoms with E-state index in [9.17, 15) is 0 Å². The second-order valence-electron chi connectivity index (χ2n) is 6.26. The second-order valence-corrected chi connectivity index (χ2v) is 16.2. The van der Waals surface area contributed by atoms with Crippen LogP contribution in [0, 0.1) is 0 Å². The Labute approximate surface area is 139 Å². The van der Waals surface area contributed by atoms with Gasteiger partial charge in [-0.1, -0.05) is 57.3 Å². The summed E-state index contributed by atoms with van der Waals surface area (Å²) in [7, 11) is 0. The lowest BCUT2D eigenvalue weighted by molar-refractivity contribution is 0.488. The van der Waals surface area contributed by atoms with E-state index in [-0.39, 0.29) is 0 Å². The lowest BCUT2D eigenvalue weighted by atomic mass is 10.00. The molecule has 0 bridgehead atoms. The number of thioether (sulfide) groups is 1. The highest BCUT2D eigenvalue weighted by molar-refractivity contribution is 8.71. The summed E-state index contributed by atoms with van der Waals surface area (Å²) in [4.78, 5) is 0. The van der Waals surface area contributed by atoms with Crippen molar-refractivity contribution in [2.24, 2.45) is 0 Å². The van der Waals surface area contributed by atoms with Crippen molar-refractivity contribution in [2.75, 3.05) is 17.3 Å². The van der Waals surface area contributed by atoms with Crippen molar-refractivity contribution < 1.29 is 0 Å². The molecule has 2 saturated carbocycles. The predicted octanol–water partition coefficient (Wildman–Crippen LogP) is 6.53. The van der Waals surface area contributed by atoms with Gasteiger partial charge in [-0.2, -0.15) is 11.8 Å². The maximum Gasteiger partial charge on any atom is 0.0124 e. The van der Waals surface area contributed by atoms with Gasteiger partial charge in [0.2, 0.25) is 0 Å². The Morgan fingerprint density at radius 1 is 0.850 bits per heavy atom. The maximum absolute atomic E-state index is 6.46. The SMILES string of the molecule is CCSCCSP(=S)(C1CCCCC1)C1CCCCC1. The van der Waals surface area contributed by atoms with Gasteiger partial charge in [0.15, 0.2) is 0 Å². The van der Waals surface area contributed by atoms with Crippen LogP contribution in [0.1, 0.15) is 71.1 Å². The first-order valence-corrected chi connectivity index (χ1v) is 14.3. The van der Waals surface area contributed by atoms with Crippen LogP contribution in [0.3, 0.4) is 0 Å². The van der Waals surface area contributed by atoms with Gasteiger partial charge < -0.3 is 0 Å². The number of hydrogen-bond donors (Lipinski definition) is 0. The van der Waals surface area contributed by atoms with Crippen LogP contribution < -0.4 is 0 Å². The quantitative estimate of drug-likeness (QED) is 0.378. The van der Waals surface area contributed by atoms with E-state index in [4.69, 9.17) is 11.8 Å². The molecule has 0 nitrogen and oxygen atoms in total. The van der Waals surface area contributed by atoms with Crippen LogP contribution in [0.4, 0.5) is 0 Å². The zero-order valence-electron chi connectivity index (χ0n) is 13.0. The van der Waals surface area contributed by atoms with Crippen molar-refractivity contribution in [2.45, 2.75) is 82.4 Å². The minimum atomic E-state index is -1.17. The Morgan fingerprint density at radius 3 is 1.80 bits per heavy atom. The summed E-state index contributed by atoms with van der Waals surface area (Å²) in [6.45, 7) is 2.27. The molecule has 118 valence electrons. The Kier molecular flexibility index (Phi) is 8.39. The van der Waals surface area contributed by atoms with E-state index < -0.39 is 5.24 Å². The standard InChI is InChI=1S/C16H31PS3/c1-2-19-13-14-20-17(18,15-9-5-3-6-10-15)16-11-7-4-8-12-16/h15-16H,2-14H2,1H3. The molecule has 2 rings (SSSR count). The lowest BCUT2D eigenvalue weighted by Gasteiger charge is -2.41. The molecule has 0 aromatic rings. The van der Waals surface area contributed by atoms with Crippen molar-refractivity contribution in [3.8, 4) is 0 Å². The Bertz CT molecular complexity index is 285. The molecule has 0 aromatic heterocycles. The molecule has 0 aromatic carbocycles. The summed E-state index contributed by atoms with van der Waals surface area (Å²) in [6.07, 6.45) is 14.6. The normalized spacial score (nSPS) is 23.1. The molecular formula is C16H31PS3. The van der Waals surface area contributed by atoms with Crippen molar-refractivity contribution in [1.82, 2.24) is 0 Å². The minimum absolute atomic E-state index is 0.936. The average molecular weight is 351 g/mol. The molecule has 0 aliphatic heterocycles. The second kappa shape index (κ2) is 9.48. The van der Waals surface area contributed by atoms with Gasteiger partial charge in [-0.25, -0.2) is 0 Å². The summed E-state index contributed by atoms with van der Waals surface area (Å²) in [5, 5.41) is -1.17. The van der Waals surface area contributed by atoms with Gasteiger partial charge >= 0.3 is 0 Å². The molecule has 0 N–H and O–H groups in total. The zero-order chi connectivity index (χ0) is 14.3. The van der Waals surface area contributed by atoms with Crippen LogP contribution in [0.15, 0.2) is 0 Å². The molecule has 0 saturated heterocycles. The highest BCUT2D eigenvalue weighted by atomic mass is 32.9. The molecular weight excluding hydrogens is 319 g/mol. The van der Waals surface area contributed by atoms with Gasteiger partial charge in [-0.15, -0.1) is 11.4 Å². The van der Waals surface area contributed by atoms with E-state index in [1.165, 1.54) is 81.5 Å². The van der Waals surface area contributed by atoms with Gasteiger partial charge in [-0.05, 0) is 42.8 Å². The van der Waals surface area contributed by atoms with Crippen molar-refractivity contribution >= 4 is 40.2 Å². The summed E-state index contributed by atoms with van der Waals surface area (Å²) in [5.41, 5.74) is 1.87. The molecule has 0 heterocycles. The van der Waals surface area contributed by atoms with Crippen LogP contribution in [-0.2, 0) is 11.8 Å². The van der Waals surface area contributed by atoms with Crippen molar-refractivity contribution in [1.29, 1.82) is 0 Å². The van der Waals surface area contributed by atoms with Crippen molar-refractivity contribution in [3.63, 3.8) is 0 Å².